The third kappa shape index (κ3) is 5.24. The van der Waals surface area contributed by atoms with Crippen LogP contribution in [0.15, 0.2) is 97.1 Å². The van der Waals surface area contributed by atoms with Gasteiger partial charge < -0.3 is 15.8 Å². The van der Waals surface area contributed by atoms with Crippen molar-refractivity contribution in [2.24, 2.45) is 0 Å². The van der Waals surface area contributed by atoms with Gasteiger partial charge in [0.05, 0.1) is 0 Å². The zero-order valence-electron chi connectivity index (χ0n) is 20.2. The summed E-state index contributed by atoms with van der Waals surface area (Å²) in [6.45, 7) is 0.629. The maximum atomic E-state index is 12.8. The molecule has 0 heterocycles. The lowest BCUT2D eigenvalue weighted by Crippen LogP contribution is -2.26. The molecule has 182 valence electrons. The number of carbonyl (C=O) groups is 2. The summed E-state index contributed by atoms with van der Waals surface area (Å²) in [5.74, 6) is 5.96. The number of nitrogen functional groups attached to an aromatic ring is 1. The maximum Gasteiger partial charge on any atom is 0.407 e. The lowest BCUT2D eigenvalue weighted by molar-refractivity contribution is 0.103. The standard InChI is InChI=1S/C32H26N2O3/c33-30-18-17-22(20-28(30)31(35)23-11-2-1-3-12-23)10-8-9-19-34-32(36)37-21-29-26-15-6-4-13-24(26)25-14-5-7-16-27(25)29/h1-7,11-18,20,29H,9,19,21,33H2,(H,34,36). The van der Waals surface area contributed by atoms with Crippen LogP contribution in [0.2, 0.25) is 0 Å². The second kappa shape index (κ2) is 10.8. The predicted octanol–water partition coefficient (Wildman–Crippen LogP) is 5.78. The number of fused-ring (bicyclic) bond motifs is 3. The number of amides is 1. The molecule has 5 rings (SSSR count). The van der Waals surface area contributed by atoms with Crippen LogP contribution in [0.1, 0.15) is 45.0 Å². The Morgan fingerprint density at radius 1 is 0.838 bits per heavy atom. The Balaban J connectivity index is 1.14. The van der Waals surface area contributed by atoms with E-state index in [2.05, 4.69) is 41.4 Å². The molecule has 0 saturated carbocycles. The van der Waals surface area contributed by atoms with E-state index in [0.29, 0.717) is 35.3 Å². The second-order valence-corrected chi connectivity index (χ2v) is 8.80. The number of nitrogens with one attached hydrogen (secondary N) is 1. The number of alkyl carbamates (subject to hydrolysis) is 1. The van der Waals surface area contributed by atoms with E-state index in [1.165, 1.54) is 22.3 Å². The average molecular weight is 487 g/mol. The normalized spacial score (nSPS) is 11.6. The van der Waals surface area contributed by atoms with Crippen LogP contribution in [0.5, 0.6) is 0 Å². The first-order chi connectivity index (χ1) is 18.1. The molecule has 0 bridgehead atoms. The fourth-order valence-electron chi connectivity index (χ4n) is 4.62. The molecule has 0 atom stereocenters. The Bertz CT molecular complexity index is 1470. The van der Waals surface area contributed by atoms with E-state index in [1.807, 2.05) is 42.5 Å². The molecular weight excluding hydrogens is 460 g/mol. The highest BCUT2D eigenvalue weighted by Crippen LogP contribution is 2.44. The molecule has 3 N–H and O–H groups in total. The molecule has 0 spiro atoms. The van der Waals surface area contributed by atoms with Gasteiger partial charge in [-0.3, -0.25) is 4.79 Å². The van der Waals surface area contributed by atoms with E-state index < -0.39 is 6.09 Å². The molecule has 5 nitrogen and oxygen atoms in total. The molecule has 0 aliphatic heterocycles. The quantitative estimate of drug-likeness (QED) is 0.157. The zero-order valence-corrected chi connectivity index (χ0v) is 20.2. The summed E-state index contributed by atoms with van der Waals surface area (Å²) < 4.78 is 5.55. The lowest BCUT2D eigenvalue weighted by atomic mass is 9.98. The predicted molar refractivity (Wildman–Crippen MR) is 145 cm³/mol. The molecule has 37 heavy (non-hydrogen) atoms. The summed E-state index contributed by atoms with van der Waals surface area (Å²) in [7, 11) is 0. The molecule has 1 amide bonds. The van der Waals surface area contributed by atoms with E-state index in [0.717, 1.165) is 0 Å². The lowest BCUT2D eigenvalue weighted by Gasteiger charge is -2.14. The third-order valence-corrected chi connectivity index (χ3v) is 6.43. The number of hydrogen-bond donors (Lipinski definition) is 2. The smallest absolute Gasteiger partial charge is 0.407 e. The van der Waals surface area contributed by atoms with E-state index in [-0.39, 0.29) is 18.3 Å². The SMILES string of the molecule is Nc1ccc(C#CCCNC(=O)OCC2c3ccccc3-c3ccccc32)cc1C(=O)c1ccccc1. The first-order valence-corrected chi connectivity index (χ1v) is 12.2. The van der Waals surface area contributed by atoms with Crippen molar-refractivity contribution < 1.29 is 14.3 Å². The molecule has 5 heteroatoms. The summed E-state index contributed by atoms with van der Waals surface area (Å²) in [4.78, 5) is 25.1. The highest BCUT2D eigenvalue weighted by molar-refractivity contribution is 6.12. The molecule has 0 saturated heterocycles. The van der Waals surface area contributed by atoms with Crippen molar-refractivity contribution in [3.8, 4) is 23.0 Å². The van der Waals surface area contributed by atoms with Crippen molar-refractivity contribution in [2.75, 3.05) is 18.9 Å². The topological polar surface area (TPSA) is 81.4 Å². The fraction of sp³-hybridized carbons (Fsp3) is 0.125. The molecule has 0 aromatic heterocycles. The maximum absolute atomic E-state index is 12.8. The third-order valence-electron chi connectivity index (χ3n) is 6.43. The van der Waals surface area contributed by atoms with Crippen LogP contribution in [0, 0.1) is 11.8 Å². The minimum absolute atomic E-state index is 0.0243. The van der Waals surface area contributed by atoms with Crippen molar-refractivity contribution in [1.29, 1.82) is 0 Å². The molecule has 4 aromatic rings. The van der Waals surface area contributed by atoms with Crippen molar-refractivity contribution in [3.63, 3.8) is 0 Å². The van der Waals surface area contributed by atoms with Gasteiger partial charge in [-0.05, 0) is 40.5 Å². The summed E-state index contributed by atoms with van der Waals surface area (Å²) in [5.41, 5.74) is 12.9. The number of rotatable bonds is 6. The summed E-state index contributed by atoms with van der Waals surface area (Å²) in [6.07, 6.45) is -0.0248. The van der Waals surface area contributed by atoms with E-state index in [1.54, 1.807) is 30.3 Å². The number of nitrogens with two attached hydrogens (primary N) is 1. The van der Waals surface area contributed by atoms with E-state index >= 15 is 0 Å². The van der Waals surface area contributed by atoms with Crippen LogP contribution in [-0.2, 0) is 4.74 Å². The van der Waals surface area contributed by atoms with Gasteiger partial charge in [0.1, 0.15) is 6.61 Å². The Morgan fingerprint density at radius 3 is 2.19 bits per heavy atom. The Hall–Kier alpha value is -4.82. The highest BCUT2D eigenvalue weighted by atomic mass is 16.5. The van der Waals surface area contributed by atoms with Crippen LogP contribution in [-0.4, -0.2) is 25.0 Å². The van der Waals surface area contributed by atoms with Crippen molar-refractivity contribution in [3.05, 3.63) is 125 Å². The van der Waals surface area contributed by atoms with Crippen LogP contribution in [0.3, 0.4) is 0 Å². The molecule has 0 radical (unpaired) electrons. The molecule has 1 aliphatic rings. The average Bonchev–Trinajstić information content (AvgIpc) is 3.26. The van der Waals surface area contributed by atoms with Gasteiger partial charge in [-0.15, -0.1) is 0 Å². The summed E-state index contributed by atoms with van der Waals surface area (Å²) >= 11 is 0. The Morgan fingerprint density at radius 2 is 1.49 bits per heavy atom. The number of ketones is 1. The van der Waals surface area contributed by atoms with Crippen molar-refractivity contribution in [2.45, 2.75) is 12.3 Å². The first-order valence-electron chi connectivity index (χ1n) is 12.2. The van der Waals surface area contributed by atoms with Gasteiger partial charge in [0.2, 0.25) is 0 Å². The van der Waals surface area contributed by atoms with Crippen LogP contribution >= 0.6 is 0 Å². The van der Waals surface area contributed by atoms with E-state index in [9.17, 15) is 9.59 Å². The highest BCUT2D eigenvalue weighted by Gasteiger charge is 2.28. The molecular formula is C32H26N2O3. The van der Waals surface area contributed by atoms with Crippen molar-refractivity contribution in [1.82, 2.24) is 5.32 Å². The Labute approximate surface area is 216 Å². The summed E-state index contributed by atoms with van der Waals surface area (Å²) in [6, 6.07) is 30.7. The molecule has 0 fully saturated rings. The minimum Gasteiger partial charge on any atom is -0.449 e. The van der Waals surface area contributed by atoms with Gasteiger partial charge in [-0.25, -0.2) is 4.79 Å². The number of benzene rings is 4. The number of carbonyl (C=O) groups excluding carboxylic acids is 2. The number of hydrogen-bond acceptors (Lipinski definition) is 4. The monoisotopic (exact) mass is 486 g/mol. The Kier molecular flexibility index (Phi) is 7.00. The molecule has 0 unspecified atom stereocenters. The fourth-order valence-corrected chi connectivity index (χ4v) is 4.62. The molecule has 4 aromatic carbocycles. The molecule has 1 aliphatic carbocycles. The van der Waals surface area contributed by atoms with Gasteiger partial charge in [0.25, 0.3) is 0 Å². The van der Waals surface area contributed by atoms with Gasteiger partial charge in [-0.1, -0.05) is 90.7 Å². The van der Waals surface area contributed by atoms with Crippen LogP contribution in [0.4, 0.5) is 10.5 Å². The minimum atomic E-state index is -0.466. The van der Waals surface area contributed by atoms with Gasteiger partial charge in [0.15, 0.2) is 5.78 Å². The van der Waals surface area contributed by atoms with Crippen molar-refractivity contribution >= 4 is 17.6 Å². The number of ether oxygens (including phenoxy) is 1. The zero-order chi connectivity index (χ0) is 25.6. The van der Waals surface area contributed by atoms with Gasteiger partial charge in [-0.2, -0.15) is 0 Å². The largest absolute Gasteiger partial charge is 0.449 e. The van der Waals surface area contributed by atoms with Crippen LogP contribution < -0.4 is 11.1 Å². The van der Waals surface area contributed by atoms with Crippen LogP contribution in [0.25, 0.3) is 11.1 Å². The first kappa shape index (κ1) is 23.9. The second-order valence-electron chi connectivity index (χ2n) is 8.80. The van der Waals surface area contributed by atoms with Gasteiger partial charge >= 0.3 is 6.09 Å². The van der Waals surface area contributed by atoms with E-state index in [4.69, 9.17) is 10.5 Å². The van der Waals surface area contributed by atoms with Gasteiger partial charge in [0, 0.05) is 41.3 Å². The number of anilines is 1. The summed E-state index contributed by atoms with van der Waals surface area (Å²) in [5, 5.41) is 2.76.